The molecule has 0 radical (unpaired) electrons. The Balaban J connectivity index is 1.77. The first kappa shape index (κ1) is 17.0. The van der Waals surface area contributed by atoms with Crippen molar-refractivity contribution < 1.29 is 14.7 Å². The Morgan fingerprint density at radius 3 is 2.44 bits per heavy atom. The van der Waals surface area contributed by atoms with Crippen molar-refractivity contribution in [1.82, 2.24) is 5.32 Å². The molecule has 2 aromatic carbocycles. The predicted molar refractivity (Wildman–Crippen MR) is 97.4 cm³/mol. The number of nitrogens with zero attached hydrogens (tertiary/aromatic N) is 1. The van der Waals surface area contributed by atoms with E-state index >= 15 is 0 Å². The minimum Gasteiger partial charge on any atom is -0.545 e. The van der Waals surface area contributed by atoms with E-state index in [1.807, 2.05) is 24.3 Å². The molecule has 0 aromatic heterocycles. The summed E-state index contributed by atoms with van der Waals surface area (Å²) in [7, 11) is 0. The Labute approximate surface area is 149 Å². The van der Waals surface area contributed by atoms with Gasteiger partial charge >= 0.3 is 0 Å². The van der Waals surface area contributed by atoms with E-state index in [1.165, 1.54) is 29.5 Å². The van der Waals surface area contributed by atoms with Crippen LogP contribution in [0.5, 0.6) is 0 Å². The number of aromatic carboxylic acids is 1. The van der Waals surface area contributed by atoms with Crippen molar-refractivity contribution in [2.75, 3.05) is 0 Å². The number of carboxylic acids is 1. The van der Waals surface area contributed by atoms with Gasteiger partial charge in [-0.3, -0.25) is 4.79 Å². The lowest BCUT2D eigenvalue weighted by molar-refractivity contribution is -0.255. The van der Waals surface area contributed by atoms with Gasteiger partial charge in [0.1, 0.15) is 0 Å². The standard InChI is InChI=1S/C19H16N2O3S/c1-2-12-5-9-15(10-6-12)20-19-21-17(22)16(25-19)11-13-3-7-14(8-4-13)18(23)24/h3-11H,2H2,1H3,(H,23,24)(H,20,21,22)/p-1/b16-11-. The van der Waals surface area contributed by atoms with Gasteiger partial charge in [0.25, 0.3) is 5.91 Å². The Kier molecular flexibility index (Phi) is 5.00. The van der Waals surface area contributed by atoms with E-state index in [-0.39, 0.29) is 11.5 Å². The summed E-state index contributed by atoms with van der Waals surface area (Å²) in [5.74, 6) is -1.45. The molecule has 1 N–H and O–H groups in total. The second-order valence-corrected chi connectivity index (χ2v) is 6.44. The average molecular weight is 351 g/mol. The van der Waals surface area contributed by atoms with E-state index in [2.05, 4.69) is 17.2 Å². The molecule has 1 heterocycles. The molecule has 126 valence electrons. The van der Waals surface area contributed by atoms with Crippen molar-refractivity contribution in [1.29, 1.82) is 0 Å². The number of amides is 1. The molecule has 0 unspecified atom stereocenters. The smallest absolute Gasteiger partial charge is 0.264 e. The summed E-state index contributed by atoms with van der Waals surface area (Å²) in [5, 5.41) is 14.0. The number of aryl methyl sites for hydroxylation is 1. The van der Waals surface area contributed by atoms with E-state index in [0.717, 1.165) is 17.7 Å². The number of rotatable bonds is 4. The fraction of sp³-hybridized carbons (Fsp3) is 0.105. The molecule has 0 spiro atoms. The first-order valence-electron chi connectivity index (χ1n) is 7.75. The lowest BCUT2D eigenvalue weighted by atomic mass is 10.1. The zero-order valence-electron chi connectivity index (χ0n) is 13.5. The highest BCUT2D eigenvalue weighted by Gasteiger charge is 2.23. The summed E-state index contributed by atoms with van der Waals surface area (Å²) in [5.41, 5.74) is 2.84. The van der Waals surface area contributed by atoms with Gasteiger partial charge in [-0.15, -0.1) is 0 Å². The number of carbonyl (C=O) groups is 2. The third-order valence-electron chi connectivity index (χ3n) is 3.67. The maximum Gasteiger partial charge on any atom is 0.264 e. The van der Waals surface area contributed by atoms with Crippen LogP contribution in [-0.2, 0) is 11.2 Å². The van der Waals surface area contributed by atoms with E-state index in [9.17, 15) is 14.7 Å². The topological polar surface area (TPSA) is 81.6 Å². The van der Waals surface area contributed by atoms with Gasteiger partial charge in [0, 0.05) is 0 Å². The number of hydrogen-bond donors (Lipinski definition) is 1. The van der Waals surface area contributed by atoms with Crippen LogP contribution in [0.15, 0.2) is 58.4 Å². The van der Waals surface area contributed by atoms with Crippen molar-refractivity contribution in [3.8, 4) is 0 Å². The number of carbonyl (C=O) groups excluding carboxylic acids is 2. The summed E-state index contributed by atoms with van der Waals surface area (Å²) in [6, 6.07) is 14.0. The van der Waals surface area contributed by atoms with Crippen LogP contribution < -0.4 is 10.4 Å². The molecule has 1 fully saturated rings. The molecule has 5 nitrogen and oxygen atoms in total. The predicted octanol–water partition coefficient (Wildman–Crippen LogP) is 2.50. The van der Waals surface area contributed by atoms with Crippen LogP contribution in [0.2, 0.25) is 0 Å². The number of aliphatic imine (C=N–C) groups is 1. The van der Waals surface area contributed by atoms with Crippen LogP contribution >= 0.6 is 11.8 Å². The van der Waals surface area contributed by atoms with Gasteiger partial charge in [0.05, 0.1) is 16.6 Å². The Morgan fingerprint density at radius 2 is 1.84 bits per heavy atom. The molecular weight excluding hydrogens is 336 g/mol. The maximum absolute atomic E-state index is 12.1. The molecule has 1 aliphatic rings. The fourth-order valence-electron chi connectivity index (χ4n) is 2.27. The van der Waals surface area contributed by atoms with Crippen LogP contribution in [0.4, 0.5) is 5.69 Å². The SMILES string of the molecule is CCc1ccc(N=C2NC(=O)/C(=C/c3ccc(C(=O)[O-])cc3)S2)cc1. The fourth-order valence-corrected chi connectivity index (χ4v) is 3.11. The van der Waals surface area contributed by atoms with Gasteiger partial charge < -0.3 is 15.2 Å². The molecule has 0 bridgehead atoms. The van der Waals surface area contributed by atoms with Crippen LogP contribution in [-0.4, -0.2) is 17.0 Å². The number of amidine groups is 1. The molecule has 2 aromatic rings. The lowest BCUT2D eigenvalue weighted by Gasteiger charge is -2.02. The average Bonchev–Trinajstić information content (AvgIpc) is 2.95. The monoisotopic (exact) mass is 351 g/mol. The van der Waals surface area contributed by atoms with E-state index in [4.69, 9.17) is 0 Å². The van der Waals surface area contributed by atoms with Gasteiger partial charge in [-0.05, 0) is 53.1 Å². The summed E-state index contributed by atoms with van der Waals surface area (Å²) < 4.78 is 0. The third-order valence-corrected chi connectivity index (χ3v) is 4.58. The number of nitrogens with one attached hydrogen (secondary N) is 1. The van der Waals surface area contributed by atoms with Crippen LogP contribution in [0.25, 0.3) is 6.08 Å². The third kappa shape index (κ3) is 4.16. The van der Waals surface area contributed by atoms with Crippen LogP contribution in [0, 0.1) is 0 Å². The highest BCUT2D eigenvalue weighted by Crippen LogP contribution is 2.28. The molecule has 0 aliphatic carbocycles. The number of carboxylic acid groups (broad SMARTS) is 1. The van der Waals surface area contributed by atoms with Gasteiger partial charge in [0.15, 0.2) is 5.17 Å². The second-order valence-electron chi connectivity index (χ2n) is 5.41. The summed E-state index contributed by atoms with van der Waals surface area (Å²) in [6.07, 6.45) is 2.66. The second kappa shape index (κ2) is 7.36. The quantitative estimate of drug-likeness (QED) is 0.858. The number of thioether (sulfide) groups is 1. The summed E-state index contributed by atoms with van der Waals surface area (Å²) in [6.45, 7) is 2.09. The summed E-state index contributed by atoms with van der Waals surface area (Å²) in [4.78, 5) is 27.8. The van der Waals surface area contributed by atoms with Crippen LogP contribution in [0.1, 0.15) is 28.4 Å². The molecule has 1 aliphatic heterocycles. The molecular formula is C19H15N2O3S-. The minimum atomic E-state index is -1.23. The normalized spacial score (nSPS) is 17.1. The van der Waals surface area contributed by atoms with E-state index < -0.39 is 5.97 Å². The molecule has 1 amide bonds. The Morgan fingerprint density at radius 1 is 1.16 bits per heavy atom. The van der Waals surface area contributed by atoms with Gasteiger partial charge in [-0.2, -0.15) is 0 Å². The van der Waals surface area contributed by atoms with Crippen molar-refractivity contribution >= 4 is 40.6 Å². The Hall–Kier alpha value is -2.86. The van der Waals surface area contributed by atoms with Crippen molar-refractivity contribution in [3.05, 3.63) is 70.1 Å². The molecule has 3 rings (SSSR count). The van der Waals surface area contributed by atoms with Gasteiger partial charge in [0.2, 0.25) is 0 Å². The number of benzene rings is 2. The first-order chi connectivity index (χ1) is 12.0. The Bertz CT molecular complexity index is 869. The lowest BCUT2D eigenvalue weighted by Crippen LogP contribution is -2.21. The van der Waals surface area contributed by atoms with Crippen molar-refractivity contribution in [2.24, 2.45) is 4.99 Å². The number of hydrogen-bond acceptors (Lipinski definition) is 5. The van der Waals surface area contributed by atoms with Crippen LogP contribution in [0.3, 0.4) is 0 Å². The van der Waals surface area contributed by atoms with E-state index in [0.29, 0.717) is 10.1 Å². The van der Waals surface area contributed by atoms with Gasteiger partial charge in [-0.1, -0.05) is 43.3 Å². The summed E-state index contributed by atoms with van der Waals surface area (Å²) >= 11 is 1.25. The molecule has 0 saturated carbocycles. The largest absolute Gasteiger partial charge is 0.545 e. The minimum absolute atomic E-state index is 0.100. The molecule has 25 heavy (non-hydrogen) atoms. The van der Waals surface area contributed by atoms with E-state index in [1.54, 1.807) is 18.2 Å². The maximum atomic E-state index is 12.1. The molecule has 1 saturated heterocycles. The van der Waals surface area contributed by atoms with Crippen molar-refractivity contribution in [2.45, 2.75) is 13.3 Å². The zero-order chi connectivity index (χ0) is 17.8. The highest BCUT2D eigenvalue weighted by atomic mass is 32.2. The van der Waals surface area contributed by atoms with Gasteiger partial charge in [-0.25, -0.2) is 4.99 Å². The molecule has 0 atom stereocenters. The first-order valence-corrected chi connectivity index (χ1v) is 8.57. The molecule has 6 heteroatoms. The van der Waals surface area contributed by atoms with Crippen molar-refractivity contribution in [3.63, 3.8) is 0 Å². The highest BCUT2D eigenvalue weighted by molar-refractivity contribution is 8.18. The zero-order valence-corrected chi connectivity index (χ0v) is 14.3.